The van der Waals surface area contributed by atoms with Crippen LogP contribution >= 0.6 is 0 Å². The molecule has 0 spiro atoms. The molecule has 0 atom stereocenters. The van der Waals surface area contributed by atoms with Gasteiger partial charge in [-0.3, -0.25) is 10.1 Å². The zero-order valence-corrected chi connectivity index (χ0v) is 15.2. The summed E-state index contributed by atoms with van der Waals surface area (Å²) in [6.45, 7) is -3.30. The Morgan fingerprint density at radius 2 is 2.00 bits per heavy atom. The molecule has 0 saturated carbocycles. The van der Waals surface area contributed by atoms with Crippen molar-refractivity contribution in [3.8, 4) is 5.75 Å². The van der Waals surface area contributed by atoms with Gasteiger partial charge in [0.1, 0.15) is 5.75 Å². The number of hydrogen-bond donors (Lipinski definition) is 2. The van der Waals surface area contributed by atoms with Gasteiger partial charge in [0.2, 0.25) is 0 Å². The van der Waals surface area contributed by atoms with Crippen LogP contribution in [0.4, 0.5) is 13.6 Å². The van der Waals surface area contributed by atoms with Crippen molar-refractivity contribution in [2.45, 2.75) is 38.7 Å². The second-order valence-corrected chi connectivity index (χ2v) is 6.14. The molecule has 0 heterocycles. The highest BCUT2D eigenvalue weighted by Crippen LogP contribution is 2.19. The van der Waals surface area contributed by atoms with Crippen molar-refractivity contribution in [1.29, 1.82) is 0 Å². The van der Waals surface area contributed by atoms with Crippen molar-refractivity contribution in [3.05, 3.63) is 41.5 Å². The van der Waals surface area contributed by atoms with Crippen LogP contribution < -0.4 is 15.4 Å². The minimum Gasteiger partial charge on any atom is -0.452 e. The van der Waals surface area contributed by atoms with E-state index in [4.69, 9.17) is 4.74 Å². The summed E-state index contributed by atoms with van der Waals surface area (Å²) >= 11 is 0. The molecule has 0 fully saturated rings. The lowest BCUT2D eigenvalue weighted by molar-refractivity contribution is -0.123. The zero-order chi connectivity index (χ0) is 20.4. The number of hydrogen-bond acceptors (Lipinski definition) is 5. The van der Waals surface area contributed by atoms with Gasteiger partial charge < -0.3 is 14.8 Å². The lowest BCUT2D eigenvalue weighted by Gasteiger charge is -2.13. The third-order valence-electron chi connectivity index (χ3n) is 4.00. The molecule has 1 aliphatic rings. The Kier molecular flexibility index (Phi) is 8.38. The van der Waals surface area contributed by atoms with Gasteiger partial charge in [-0.25, -0.2) is 9.59 Å². The molecule has 2 rings (SSSR count). The Hall–Kier alpha value is -2.97. The van der Waals surface area contributed by atoms with E-state index in [0.29, 0.717) is 6.54 Å². The molecule has 7 nitrogen and oxygen atoms in total. The van der Waals surface area contributed by atoms with Crippen LogP contribution in [0.2, 0.25) is 0 Å². The third-order valence-corrected chi connectivity index (χ3v) is 4.00. The van der Waals surface area contributed by atoms with Crippen LogP contribution in [0.3, 0.4) is 0 Å². The van der Waals surface area contributed by atoms with Crippen molar-refractivity contribution < 1.29 is 32.6 Å². The van der Waals surface area contributed by atoms with Gasteiger partial charge >= 0.3 is 18.6 Å². The minimum atomic E-state index is -3.02. The summed E-state index contributed by atoms with van der Waals surface area (Å²) in [5.41, 5.74) is 1.24. The Morgan fingerprint density at radius 3 is 2.71 bits per heavy atom. The monoisotopic (exact) mass is 396 g/mol. The maximum Gasteiger partial charge on any atom is 0.387 e. The van der Waals surface area contributed by atoms with Crippen LogP contribution in [-0.4, -0.2) is 37.7 Å². The molecular formula is C19H22F2N2O5. The number of allylic oxidation sites excluding steroid dienone is 1. The minimum absolute atomic E-state index is 0.0591. The van der Waals surface area contributed by atoms with Crippen molar-refractivity contribution in [1.82, 2.24) is 10.6 Å². The molecular weight excluding hydrogens is 374 g/mol. The quantitative estimate of drug-likeness (QED) is 0.520. The fourth-order valence-corrected chi connectivity index (χ4v) is 2.69. The molecule has 0 aliphatic heterocycles. The first-order chi connectivity index (χ1) is 13.4. The van der Waals surface area contributed by atoms with Gasteiger partial charge in [0.15, 0.2) is 6.61 Å². The molecule has 0 bridgehead atoms. The summed E-state index contributed by atoms with van der Waals surface area (Å²) in [5, 5.41) is 4.62. The molecule has 0 radical (unpaired) electrons. The number of amides is 3. The first kappa shape index (κ1) is 21.3. The lowest BCUT2D eigenvalue weighted by atomic mass is 9.97. The van der Waals surface area contributed by atoms with Gasteiger partial charge in [-0.2, -0.15) is 8.78 Å². The average Bonchev–Trinajstić information content (AvgIpc) is 2.66. The summed E-state index contributed by atoms with van der Waals surface area (Å²) in [6, 6.07) is 4.31. The van der Waals surface area contributed by atoms with Crippen molar-refractivity contribution in [2.75, 3.05) is 13.2 Å². The zero-order valence-electron chi connectivity index (χ0n) is 15.2. The van der Waals surface area contributed by atoms with E-state index in [1.54, 1.807) is 0 Å². The normalized spacial score (nSPS) is 13.5. The second-order valence-electron chi connectivity index (χ2n) is 6.14. The smallest absolute Gasteiger partial charge is 0.387 e. The Morgan fingerprint density at radius 1 is 1.18 bits per heavy atom. The molecule has 0 saturated heterocycles. The first-order valence-electron chi connectivity index (χ1n) is 8.91. The Bertz CT molecular complexity index is 737. The van der Waals surface area contributed by atoms with Crippen molar-refractivity contribution in [2.24, 2.45) is 0 Å². The molecule has 1 aromatic rings. The second kappa shape index (κ2) is 11.0. The van der Waals surface area contributed by atoms with E-state index in [1.807, 2.05) is 0 Å². The number of halogens is 2. The standard InChI is InChI=1S/C19H22F2N2O5/c20-18(21)28-15-8-4-7-14(11-15)17(25)27-12-16(24)23-19(26)22-10-9-13-5-2-1-3-6-13/h4-5,7-8,11,18H,1-3,6,9-10,12H2,(H2,22,23,24,26). The highest BCUT2D eigenvalue weighted by Gasteiger charge is 2.14. The van der Waals surface area contributed by atoms with E-state index in [2.05, 4.69) is 21.4 Å². The van der Waals surface area contributed by atoms with E-state index >= 15 is 0 Å². The van der Waals surface area contributed by atoms with Crippen LogP contribution in [0.25, 0.3) is 0 Å². The molecule has 1 aromatic carbocycles. The van der Waals surface area contributed by atoms with Gasteiger partial charge in [0, 0.05) is 6.54 Å². The van der Waals surface area contributed by atoms with Gasteiger partial charge in [-0.15, -0.1) is 0 Å². The van der Waals surface area contributed by atoms with Crippen LogP contribution in [-0.2, 0) is 9.53 Å². The summed E-state index contributed by atoms with van der Waals surface area (Å²) in [7, 11) is 0. The number of rotatable bonds is 8. The SMILES string of the molecule is O=C(COC(=O)c1cccc(OC(F)F)c1)NC(=O)NCCC1=CCCCC1. The number of benzene rings is 1. The van der Waals surface area contributed by atoms with E-state index < -0.39 is 31.1 Å². The fraction of sp³-hybridized carbons (Fsp3) is 0.421. The molecule has 1 aliphatic carbocycles. The molecule has 0 aromatic heterocycles. The van der Waals surface area contributed by atoms with Gasteiger partial charge in [-0.1, -0.05) is 17.7 Å². The van der Waals surface area contributed by atoms with Crippen LogP contribution in [0.5, 0.6) is 5.75 Å². The summed E-state index contributed by atoms with van der Waals surface area (Å²) in [6.07, 6.45) is 7.33. The van der Waals surface area contributed by atoms with Crippen LogP contribution in [0, 0.1) is 0 Å². The molecule has 28 heavy (non-hydrogen) atoms. The largest absolute Gasteiger partial charge is 0.452 e. The lowest BCUT2D eigenvalue weighted by Crippen LogP contribution is -2.41. The predicted octanol–water partition coefficient (Wildman–Crippen LogP) is 3.16. The van der Waals surface area contributed by atoms with Gasteiger partial charge in [0.25, 0.3) is 5.91 Å². The average molecular weight is 396 g/mol. The number of esters is 1. The van der Waals surface area contributed by atoms with Crippen LogP contribution in [0.1, 0.15) is 42.5 Å². The van der Waals surface area contributed by atoms with Crippen molar-refractivity contribution in [3.63, 3.8) is 0 Å². The Balaban J connectivity index is 1.69. The summed E-state index contributed by atoms with van der Waals surface area (Å²) in [5.74, 6) is -1.91. The third kappa shape index (κ3) is 7.73. The number of ether oxygens (including phenoxy) is 2. The molecule has 152 valence electrons. The van der Waals surface area contributed by atoms with E-state index in [1.165, 1.54) is 30.2 Å². The number of urea groups is 1. The highest BCUT2D eigenvalue weighted by molar-refractivity contribution is 5.97. The summed E-state index contributed by atoms with van der Waals surface area (Å²) < 4.78 is 33.3. The summed E-state index contributed by atoms with van der Waals surface area (Å²) in [4.78, 5) is 35.2. The topological polar surface area (TPSA) is 93.7 Å². The predicted molar refractivity (Wildman–Crippen MR) is 96.1 cm³/mol. The molecule has 3 amide bonds. The number of imide groups is 1. The number of alkyl halides is 2. The highest BCUT2D eigenvalue weighted by atomic mass is 19.3. The van der Waals surface area contributed by atoms with E-state index in [0.717, 1.165) is 31.7 Å². The maximum atomic E-state index is 12.2. The maximum absolute atomic E-state index is 12.2. The number of carbonyl (C=O) groups excluding carboxylic acids is 3. The first-order valence-corrected chi connectivity index (χ1v) is 8.91. The van der Waals surface area contributed by atoms with Gasteiger partial charge in [0.05, 0.1) is 5.56 Å². The van der Waals surface area contributed by atoms with Crippen molar-refractivity contribution >= 4 is 17.9 Å². The van der Waals surface area contributed by atoms with Crippen LogP contribution in [0.15, 0.2) is 35.9 Å². The molecule has 2 N–H and O–H groups in total. The van der Waals surface area contributed by atoms with Gasteiger partial charge in [-0.05, 0) is 50.3 Å². The number of nitrogens with one attached hydrogen (secondary N) is 2. The van der Waals surface area contributed by atoms with E-state index in [-0.39, 0.29) is 11.3 Å². The van der Waals surface area contributed by atoms with E-state index in [9.17, 15) is 23.2 Å². The molecule has 0 unspecified atom stereocenters. The molecule has 9 heteroatoms. The fourth-order valence-electron chi connectivity index (χ4n) is 2.69. The number of carbonyl (C=O) groups is 3. The Labute approximate surface area is 161 Å².